The first-order valence-corrected chi connectivity index (χ1v) is 11.7. The van der Waals surface area contributed by atoms with Crippen LogP contribution in [0.15, 0.2) is 53.9 Å². The summed E-state index contributed by atoms with van der Waals surface area (Å²) >= 11 is 1.59. The van der Waals surface area contributed by atoms with Gasteiger partial charge in [-0.2, -0.15) is 0 Å². The summed E-state index contributed by atoms with van der Waals surface area (Å²) in [6, 6.07) is 16.7. The lowest BCUT2D eigenvalue weighted by molar-refractivity contribution is -0.118. The molecule has 0 saturated carbocycles. The molecule has 0 aliphatic carbocycles. The van der Waals surface area contributed by atoms with Crippen molar-refractivity contribution in [2.24, 2.45) is 0 Å². The number of nitrogens with zero attached hydrogens (tertiary/aromatic N) is 3. The van der Waals surface area contributed by atoms with Gasteiger partial charge in [0.2, 0.25) is 5.91 Å². The van der Waals surface area contributed by atoms with Gasteiger partial charge in [-0.3, -0.25) is 9.69 Å². The number of hydrogen-bond donors (Lipinski definition) is 0. The standard InChI is InChI=1S/C25H29N3O2S/c1-3-28(23-6-4-5-19(2)15-23)24(29)16-22-18-31-25(26-22)21-9-7-20(8-10-21)17-27-11-13-30-14-12-27/h4-10,15,18H,3,11-14,16-17H2,1-2H3. The number of benzene rings is 2. The average molecular weight is 436 g/mol. The molecule has 2 aromatic carbocycles. The van der Waals surface area contributed by atoms with E-state index in [1.165, 1.54) is 5.56 Å². The summed E-state index contributed by atoms with van der Waals surface area (Å²) in [5.41, 5.74) is 5.32. The van der Waals surface area contributed by atoms with E-state index in [9.17, 15) is 4.79 Å². The van der Waals surface area contributed by atoms with Crippen molar-refractivity contribution in [1.29, 1.82) is 0 Å². The number of carbonyl (C=O) groups is 1. The topological polar surface area (TPSA) is 45.7 Å². The van der Waals surface area contributed by atoms with E-state index in [4.69, 9.17) is 9.72 Å². The Kier molecular flexibility index (Phi) is 7.12. The first-order valence-electron chi connectivity index (χ1n) is 10.8. The smallest absolute Gasteiger partial charge is 0.233 e. The quantitative estimate of drug-likeness (QED) is 0.546. The molecule has 1 aromatic heterocycles. The van der Waals surface area contributed by atoms with E-state index in [0.29, 0.717) is 13.0 Å². The average Bonchev–Trinajstić information content (AvgIpc) is 3.24. The summed E-state index contributed by atoms with van der Waals surface area (Å²) < 4.78 is 5.42. The maximum absolute atomic E-state index is 12.9. The van der Waals surface area contributed by atoms with Crippen molar-refractivity contribution in [2.75, 3.05) is 37.7 Å². The molecule has 5 nitrogen and oxygen atoms in total. The van der Waals surface area contributed by atoms with Gasteiger partial charge in [0.1, 0.15) is 5.01 Å². The molecule has 4 rings (SSSR count). The maximum Gasteiger partial charge on any atom is 0.233 e. The summed E-state index contributed by atoms with van der Waals surface area (Å²) in [6.45, 7) is 9.25. The van der Waals surface area contributed by atoms with E-state index < -0.39 is 0 Å². The van der Waals surface area contributed by atoms with Gasteiger partial charge in [0.25, 0.3) is 0 Å². The van der Waals surface area contributed by atoms with Crippen molar-refractivity contribution in [3.05, 3.63) is 70.7 Å². The molecule has 2 heterocycles. The number of rotatable bonds is 7. The van der Waals surface area contributed by atoms with Crippen LogP contribution in [0.1, 0.15) is 23.7 Å². The number of amides is 1. The number of aryl methyl sites for hydroxylation is 1. The number of aromatic nitrogens is 1. The Hall–Kier alpha value is -2.54. The van der Waals surface area contributed by atoms with E-state index in [1.54, 1.807) is 11.3 Å². The third-order valence-electron chi connectivity index (χ3n) is 5.53. The van der Waals surface area contributed by atoms with Crippen LogP contribution in [-0.2, 0) is 22.5 Å². The van der Waals surface area contributed by atoms with E-state index >= 15 is 0 Å². The SMILES string of the molecule is CCN(C(=O)Cc1csc(-c2ccc(CN3CCOCC3)cc2)n1)c1cccc(C)c1. The van der Waals surface area contributed by atoms with E-state index in [0.717, 1.165) is 60.4 Å². The summed E-state index contributed by atoms with van der Waals surface area (Å²) in [6.07, 6.45) is 0.313. The molecule has 0 radical (unpaired) electrons. The van der Waals surface area contributed by atoms with E-state index in [-0.39, 0.29) is 5.91 Å². The molecule has 1 fully saturated rings. The van der Waals surface area contributed by atoms with Crippen molar-refractivity contribution in [1.82, 2.24) is 9.88 Å². The van der Waals surface area contributed by atoms with Crippen LogP contribution in [0, 0.1) is 6.92 Å². The highest BCUT2D eigenvalue weighted by Crippen LogP contribution is 2.25. The highest BCUT2D eigenvalue weighted by atomic mass is 32.1. The summed E-state index contributed by atoms with van der Waals surface area (Å²) in [5.74, 6) is 0.0748. The Morgan fingerprint density at radius 2 is 1.94 bits per heavy atom. The summed E-state index contributed by atoms with van der Waals surface area (Å²) in [4.78, 5) is 21.9. The van der Waals surface area contributed by atoms with Gasteiger partial charge >= 0.3 is 0 Å². The second-order valence-electron chi connectivity index (χ2n) is 7.88. The lowest BCUT2D eigenvalue weighted by Crippen LogP contribution is -2.35. The zero-order valence-corrected chi connectivity index (χ0v) is 19.0. The minimum absolute atomic E-state index is 0.0748. The molecule has 6 heteroatoms. The third-order valence-corrected chi connectivity index (χ3v) is 6.47. The molecule has 0 N–H and O–H groups in total. The van der Waals surface area contributed by atoms with Gasteiger partial charge < -0.3 is 9.64 Å². The van der Waals surface area contributed by atoms with Crippen LogP contribution >= 0.6 is 11.3 Å². The number of anilines is 1. The molecule has 3 aromatic rings. The molecular weight excluding hydrogens is 406 g/mol. The first-order chi connectivity index (χ1) is 15.1. The molecule has 0 bridgehead atoms. The molecule has 0 atom stereocenters. The van der Waals surface area contributed by atoms with Crippen molar-refractivity contribution in [3.63, 3.8) is 0 Å². The van der Waals surface area contributed by atoms with Crippen LogP contribution in [0.2, 0.25) is 0 Å². The van der Waals surface area contributed by atoms with Crippen molar-refractivity contribution >= 4 is 22.9 Å². The molecular formula is C25H29N3O2S. The van der Waals surface area contributed by atoms with Gasteiger partial charge in [0.15, 0.2) is 0 Å². The molecule has 31 heavy (non-hydrogen) atoms. The van der Waals surface area contributed by atoms with E-state index in [2.05, 4.69) is 29.2 Å². The molecule has 1 amide bonds. The molecule has 1 aliphatic rings. The minimum Gasteiger partial charge on any atom is -0.379 e. The highest BCUT2D eigenvalue weighted by molar-refractivity contribution is 7.13. The number of ether oxygens (including phenoxy) is 1. The number of thiazole rings is 1. The lowest BCUT2D eigenvalue weighted by Gasteiger charge is -2.26. The largest absolute Gasteiger partial charge is 0.379 e. The molecule has 1 aliphatic heterocycles. The predicted molar refractivity (Wildman–Crippen MR) is 127 cm³/mol. The Bertz CT molecular complexity index is 1010. The van der Waals surface area contributed by atoms with E-state index in [1.807, 2.05) is 48.4 Å². The van der Waals surface area contributed by atoms with Crippen molar-refractivity contribution < 1.29 is 9.53 Å². The number of likely N-dealkylation sites (N-methyl/N-ethyl adjacent to an activating group) is 1. The van der Waals surface area contributed by atoms with Crippen molar-refractivity contribution in [3.8, 4) is 10.6 Å². The fourth-order valence-corrected chi connectivity index (χ4v) is 4.67. The number of carbonyl (C=O) groups excluding carboxylic acids is 1. The predicted octanol–water partition coefficient (Wildman–Crippen LogP) is 4.55. The van der Waals surface area contributed by atoms with Crippen LogP contribution in [0.25, 0.3) is 10.6 Å². The fraction of sp³-hybridized carbons (Fsp3) is 0.360. The normalized spacial score (nSPS) is 14.5. The lowest BCUT2D eigenvalue weighted by atomic mass is 10.1. The summed E-state index contributed by atoms with van der Waals surface area (Å²) in [5, 5.41) is 2.96. The Balaban J connectivity index is 1.40. The van der Waals surface area contributed by atoms with Crippen LogP contribution in [0.5, 0.6) is 0 Å². The van der Waals surface area contributed by atoms with Gasteiger partial charge in [-0.15, -0.1) is 11.3 Å². The van der Waals surface area contributed by atoms with Gasteiger partial charge in [-0.1, -0.05) is 36.4 Å². The fourth-order valence-electron chi connectivity index (χ4n) is 3.84. The molecule has 162 valence electrons. The molecule has 0 unspecified atom stereocenters. The number of hydrogen-bond acceptors (Lipinski definition) is 5. The first kappa shape index (κ1) is 21.7. The van der Waals surface area contributed by atoms with Gasteiger partial charge in [-0.05, 0) is 37.1 Å². The number of morpholine rings is 1. The van der Waals surface area contributed by atoms with Gasteiger partial charge in [0, 0.05) is 42.8 Å². The van der Waals surface area contributed by atoms with Crippen LogP contribution < -0.4 is 4.90 Å². The van der Waals surface area contributed by atoms with Crippen LogP contribution in [-0.4, -0.2) is 48.6 Å². The Morgan fingerprint density at radius 1 is 1.16 bits per heavy atom. The van der Waals surface area contributed by atoms with Gasteiger partial charge in [-0.25, -0.2) is 4.98 Å². The summed E-state index contributed by atoms with van der Waals surface area (Å²) in [7, 11) is 0. The maximum atomic E-state index is 12.9. The van der Waals surface area contributed by atoms with Crippen LogP contribution in [0.3, 0.4) is 0 Å². The highest BCUT2D eigenvalue weighted by Gasteiger charge is 2.17. The monoisotopic (exact) mass is 435 g/mol. The van der Waals surface area contributed by atoms with Crippen LogP contribution in [0.4, 0.5) is 5.69 Å². The zero-order valence-electron chi connectivity index (χ0n) is 18.2. The molecule has 1 saturated heterocycles. The minimum atomic E-state index is 0.0748. The third kappa shape index (κ3) is 5.58. The second-order valence-corrected chi connectivity index (χ2v) is 8.74. The van der Waals surface area contributed by atoms with Gasteiger partial charge in [0.05, 0.1) is 25.3 Å². The zero-order chi connectivity index (χ0) is 21.6. The van der Waals surface area contributed by atoms with Crippen molar-refractivity contribution in [2.45, 2.75) is 26.8 Å². The second kappa shape index (κ2) is 10.2. The Labute approximate surface area is 188 Å². The Morgan fingerprint density at radius 3 is 2.65 bits per heavy atom. The molecule has 0 spiro atoms.